The minimum Gasteiger partial charge on any atom is -0.314 e. The minimum absolute atomic E-state index is 0.515. The van der Waals surface area contributed by atoms with E-state index in [1.165, 1.54) is 29.5 Å². The predicted molar refractivity (Wildman–Crippen MR) is 85.4 cm³/mol. The molecule has 1 N–H and O–H groups in total. The maximum Gasteiger partial charge on any atom is 0.0320 e. The molecule has 0 amide bonds. The Morgan fingerprint density at radius 3 is 2.84 bits per heavy atom. The zero-order chi connectivity index (χ0) is 13.8. The van der Waals surface area contributed by atoms with E-state index in [0.29, 0.717) is 12.1 Å². The van der Waals surface area contributed by atoms with E-state index in [-0.39, 0.29) is 0 Å². The van der Waals surface area contributed by atoms with E-state index in [2.05, 4.69) is 71.2 Å². The molecule has 1 saturated heterocycles. The van der Waals surface area contributed by atoms with E-state index < -0.39 is 0 Å². The molecule has 3 heteroatoms. The first-order chi connectivity index (χ1) is 9.06. The minimum atomic E-state index is 0.515. The summed E-state index contributed by atoms with van der Waals surface area (Å²) in [6.45, 7) is 10.3. The van der Waals surface area contributed by atoms with E-state index in [1.54, 1.807) is 0 Å². The smallest absolute Gasteiger partial charge is 0.0320 e. The van der Waals surface area contributed by atoms with Crippen LogP contribution < -0.4 is 5.32 Å². The van der Waals surface area contributed by atoms with Gasteiger partial charge in [0.2, 0.25) is 0 Å². The van der Waals surface area contributed by atoms with Gasteiger partial charge in [-0.25, -0.2) is 0 Å². The molecule has 0 aliphatic carbocycles. The van der Waals surface area contributed by atoms with Gasteiger partial charge in [0.25, 0.3) is 0 Å². The van der Waals surface area contributed by atoms with Crippen LogP contribution in [0.25, 0.3) is 0 Å². The molecule has 2 atom stereocenters. The lowest BCUT2D eigenvalue weighted by molar-refractivity contribution is 0.251. The van der Waals surface area contributed by atoms with Gasteiger partial charge in [-0.3, -0.25) is 4.90 Å². The lowest BCUT2D eigenvalue weighted by Crippen LogP contribution is -2.31. The summed E-state index contributed by atoms with van der Waals surface area (Å²) in [4.78, 5) is 2.61. The lowest BCUT2D eigenvalue weighted by Gasteiger charge is -2.25. The summed E-state index contributed by atoms with van der Waals surface area (Å²) in [6.07, 6.45) is 1.32. The molecule has 1 aromatic carbocycles. The van der Waals surface area contributed by atoms with Gasteiger partial charge in [-0.15, -0.1) is 0 Å². The summed E-state index contributed by atoms with van der Waals surface area (Å²) in [7, 11) is 0. The van der Waals surface area contributed by atoms with Gasteiger partial charge in [-0.1, -0.05) is 41.9 Å². The number of nitrogens with one attached hydrogen (secondary N) is 1. The highest BCUT2D eigenvalue weighted by Gasteiger charge is 2.26. The van der Waals surface area contributed by atoms with Crippen molar-refractivity contribution >= 4 is 15.9 Å². The highest BCUT2D eigenvalue weighted by Crippen LogP contribution is 2.28. The fourth-order valence-electron chi connectivity index (χ4n) is 2.76. The van der Waals surface area contributed by atoms with Crippen LogP contribution in [-0.4, -0.2) is 30.6 Å². The van der Waals surface area contributed by atoms with Crippen LogP contribution in [0.2, 0.25) is 0 Å². The van der Waals surface area contributed by atoms with Crippen LogP contribution in [0, 0.1) is 5.92 Å². The van der Waals surface area contributed by atoms with Crippen molar-refractivity contribution in [3.8, 4) is 0 Å². The van der Waals surface area contributed by atoms with E-state index in [1.807, 2.05) is 0 Å². The Kier molecular flexibility index (Phi) is 5.43. The second-order valence-corrected chi connectivity index (χ2v) is 6.86. The van der Waals surface area contributed by atoms with Gasteiger partial charge in [-0.2, -0.15) is 0 Å². The van der Waals surface area contributed by atoms with Crippen LogP contribution in [-0.2, 0) is 0 Å². The quantitative estimate of drug-likeness (QED) is 0.885. The largest absolute Gasteiger partial charge is 0.314 e. The average Bonchev–Trinajstić information content (AvgIpc) is 2.84. The number of likely N-dealkylation sites (tertiary alicyclic amines) is 1. The molecular formula is C16H25BrN2. The lowest BCUT2D eigenvalue weighted by atomic mass is 10.1. The first-order valence-electron chi connectivity index (χ1n) is 7.29. The number of hydrogen-bond acceptors (Lipinski definition) is 2. The Balaban J connectivity index is 1.89. The highest BCUT2D eigenvalue weighted by atomic mass is 79.9. The maximum atomic E-state index is 3.56. The molecule has 106 valence electrons. The van der Waals surface area contributed by atoms with E-state index >= 15 is 0 Å². The standard InChI is InChI=1S/C16H25BrN2/c1-12(2)18-10-14-7-8-19(11-14)13(3)15-5-4-6-16(17)9-15/h4-6,9,12-14,18H,7-8,10-11H2,1-3H3. The first kappa shape index (κ1) is 15.0. The number of hydrogen-bond donors (Lipinski definition) is 1. The third kappa shape index (κ3) is 4.30. The summed E-state index contributed by atoms with van der Waals surface area (Å²) in [5, 5.41) is 3.56. The van der Waals surface area contributed by atoms with Gasteiger partial charge >= 0.3 is 0 Å². The Morgan fingerprint density at radius 2 is 2.16 bits per heavy atom. The molecule has 0 radical (unpaired) electrons. The van der Waals surface area contributed by atoms with Crippen molar-refractivity contribution < 1.29 is 0 Å². The number of benzene rings is 1. The Labute approximate surface area is 125 Å². The normalized spacial score (nSPS) is 22.1. The summed E-state index contributed by atoms with van der Waals surface area (Å²) in [5.41, 5.74) is 1.41. The fraction of sp³-hybridized carbons (Fsp3) is 0.625. The second kappa shape index (κ2) is 6.87. The van der Waals surface area contributed by atoms with Gasteiger partial charge in [-0.05, 0) is 50.0 Å². The molecule has 2 rings (SSSR count). The SMILES string of the molecule is CC(C)NCC1CCN(C(C)c2cccc(Br)c2)C1. The molecule has 0 aromatic heterocycles. The van der Waals surface area contributed by atoms with Crippen molar-refractivity contribution in [2.75, 3.05) is 19.6 Å². The molecule has 1 aromatic rings. The Hall–Kier alpha value is -0.380. The molecule has 1 aliphatic rings. The molecule has 1 fully saturated rings. The summed E-state index contributed by atoms with van der Waals surface area (Å²) < 4.78 is 1.18. The van der Waals surface area contributed by atoms with Gasteiger partial charge in [0.15, 0.2) is 0 Å². The predicted octanol–water partition coefficient (Wildman–Crippen LogP) is 3.83. The van der Waals surface area contributed by atoms with E-state index in [4.69, 9.17) is 0 Å². The maximum absolute atomic E-state index is 3.56. The molecule has 0 bridgehead atoms. The molecule has 2 unspecified atom stereocenters. The van der Waals surface area contributed by atoms with Gasteiger partial charge in [0, 0.05) is 23.1 Å². The monoisotopic (exact) mass is 324 g/mol. The van der Waals surface area contributed by atoms with E-state index in [0.717, 1.165) is 12.5 Å². The van der Waals surface area contributed by atoms with Crippen molar-refractivity contribution in [1.29, 1.82) is 0 Å². The summed E-state index contributed by atoms with van der Waals surface area (Å²) in [6, 6.07) is 9.80. The topological polar surface area (TPSA) is 15.3 Å². The molecule has 0 spiro atoms. The summed E-state index contributed by atoms with van der Waals surface area (Å²) in [5.74, 6) is 0.803. The van der Waals surface area contributed by atoms with Crippen molar-refractivity contribution in [1.82, 2.24) is 10.2 Å². The van der Waals surface area contributed by atoms with Crippen LogP contribution in [0.3, 0.4) is 0 Å². The van der Waals surface area contributed by atoms with Gasteiger partial charge < -0.3 is 5.32 Å². The van der Waals surface area contributed by atoms with Gasteiger partial charge in [0.1, 0.15) is 0 Å². The van der Waals surface area contributed by atoms with Gasteiger partial charge in [0.05, 0.1) is 0 Å². The average molecular weight is 325 g/mol. The van der Waals surface area contributed by atoms with Crippen molar-refractivity contribution in [2.45, 2.75) is 39.3 Å². The third-order valence-electron chi connectivity index (χ3n) is 4.01. The zero-order valence-electron chi connectivity index (χ0n) is 12.2. The fourth-order valence-corrected chi connectivity index (χ4v) is 3.18. The van der Waals surface area contributed by atoms with Crippen LogP contribution >= 0.6 is 15.9 Å². The number of halogens is 1. The van der Waals surface area contributed by atoms with Crippen molar-refractivity contribution in [2.24, 2.45) is 5.92 Å². The van der Waals surface area contributed by atoms with Crippen LogP contribution in [0.5, 0.6) is 0 Å². The first-order valence-corrected chi connectivity index (χ1v) is 8.08. The Bertz CT molecular complexity index is 405. The van der Waals surface area contributed by atoms with Crippen molar-refractivity contribution in [3.63, 3.8) is 0 Å². The molecule has 2 nitrogen and oxygen atoms in total. The molecular weight excluding hydrogens is 300 g/mol. The van der Waals surface area contributed by atoms with Crippen LogP contribution in [0.4, 0.5) is 0 Å². The molecule has 1 heterocycles. The zero-order valence-corrected chi connectivity index (χ0v) is 13.8. The van der Waals surface area contributed by atoms with E-state index in [9.17, 15) is 0 Å². The van der Waals surface area contributed by atoms with Crippen LogP contribution in [0.1, 0.15) is 38.8 Å². The third-order valence-corrected chi connectivity index (χ3v) is 4.50. The van der Waals surface area contributed by atoms with Crippen LogP contribution in [0.15, 0.2) is 28.7 Å². The highest BCUT2D eigenvalue weighted by molar-refractivity contribution is 9.10. The number of nitrogens with zero attached hydrogens (tertiary/aromatic N) is 1. The second-order valence-electron chi connectivity index (χ2n) is 5.94. The molecule has 1 aliphatic heterocycles. The molecule has 19 heavy (non-hydrogen) atoms. The van der Waals surface area contributed by atoms with Crippen molar-refractivity contribution in [3.05, 3.63) is 34.3 Å². The Morgan fingerprint density at radius 1 is 1.37 bits per heavy atom. The molecule has 0 saturated carbocycles. The summed E-state index contributed by atoms with van der Waals surface area (Å²) >= 11 is 3.56. The number of rotatable bonds is 5.